The summed E-state index contributed by atoms with van der Waals surface area (Å²) in [6, 6.07) is 12.1. The van der Waals surface area contributed by atoms with Gasteiger partial charge in [0.05, 0.1) is 6.26 Å². The van der Waals surface area contributed by atoms with Gasteiger partial charge in [0.1, 0.15) is 17.1 Å². The van der Waals surface area contributed by atoms with Crippen molar-refractivity contribution < 1.29 is 4.74 Å². The number of nitroso groups, excluding NO2 is 2. The zero-order valence-electron chi connectivity index (χ0n) is 10.4. The molecule has 0 spiro atoms. The van der Waals surface area contributed by atoms with Crippen LogP contribution >= 0.6 is 0 Å². The van der Waals surface area contributed by atoms with Gasteiger partial charge in [-0.1, -0.05) is 18.2 Å². The van der Waals surface area contributed by atoms with Gasteiger partial charge in [0.15, 0.2) is 0 Å². The minimum absolute atomic E-state index is 0.349. The molecule has 3 rings (SSSR count). The van der Waals surface area contributed by atoms with Gasteiger partial charge in [0.25, 0.3) is 0 Å². The molecule has 1 heterocycles. The van der Waals surface area contributed by atoms with Gasteiger partial charge in [0.2, 0.25) is 0 Å². The quantitative estimate of drug-likeness (QED) is 0.770. The second-order valence-corrected chi connectivity index (χ2v) is 4.46. The highest BCUT2D eigenvalue weighted by Gasteiger charge is 2.14. The Morgan fingerprint density at radius 2 is 1.60 bits per heavy atom. The minimum Gasteiger partial charge on any atom is -0.464 e. The third-order valence-corrected chi connectivity index (χ3v) is 3.21. The molecule has 5 nitrogen and oxygen atoms in total. The van der Waals surface area contributed by atoms with E-state index >= 15 is 0 Å². The zero-order chi connectivity index (χ0) is 13.9. The average molecular weight is 266 g/mol. The molecular formula is C15H10N2O3. The molecule has 20 heavy (non-hydrogen) atoms. The fourth-order valence-electron chi connectivity index (χ4n) is 2.14. The predicted octanol–water partition coefficient (Wildman–Crippen LogP) is 4.46. The van der Waals surface area contributed by atoms with E-state index in [1.165, 1.54) is 0 Å². The molecule has 98 valence electrons. The Morgan fingerprint density at radius 1 is 0.900 bits per heavy atom. The van der Waals surface area contributed by atoms with Crippen LogP contribution in [0.2, 0.25) is 0 Å². The summed E-state index contributed by atoms with van der Waals surface area (Å²) in [5.74, 6) is 0.650. The monoisotopic (exact) mass is 266 g/mol. The summed E-state index contributed by atoms with van der Waals surface area (Å²) < 4.78 is 5.54. The number of benzene rings is 2. The van der Waals surface area contributed by atoms with Gasteiger partial charge in [0, 0.05) is 12.5 Å². The second kappa shape index (κ2) is 5.05. The van der Waals surface area contributed by atoms with E-state index in [2.05, 4.69) is 10.4 Å². The highest BCUT2D eigenvalue weighted by molar-refractivity contribution is 5.71. The molecule has 0 saturated carbocycles. The summed E-state index contributed by atoms with van der Waals surface area (Å²) in [6.45, 7) is 0. The van der Waals surface area contributed by atoms with Gasteiger partial charge in [-0.05, 0) is 45.3 Å². The first-order valence-corrected chi connectivity index (χ1v) is 6.06. The van der Waals surface area contributed by atoms with Crippen LogP contribution in [0.4, 0.5) is 11.4 Å². The number of fused-ring (bicyclic) bond motifs is 1. The van der Waals surface area contributed by atoms with E-state index in [-0.39, 0.29) is 0 Å². The van der Waals surface area contributed by atoms with Gasteiger partial charge in [-0.25, -0.2) is 0 Å². The number of ether oxygens (including phenoxy) is 1. The highest BCUT2D eigenvalue weighted by Crippen LogP contribution is 2.34. The summed E-state index contributed by atoms with van der Waals surface area (Å²) >= 11 is 0. The van der Waals surface area contributed by atoms with E-state index in [1.807, 2.05) is 18.2 Å². The Balaban J connectivity index is 1.89. The van der Waals surface area contributed by atoms with E-state index in [4.69, 9.17) is 4.74 Å². The summed E-state index contributed by atoms with van der Waals surface area (Å²) in [6.07, 6.45) is 2.35. The molecule has 2 aromatic rings. The molecule has 0 aromatic heterocycles. The van der Waals surface area contributed by atoms with Gasteiger partial charge < -0.3 is 4.74 Å². The lowest BCUT2D eigenvalue weighted by molar-refractivity contribution is 0.469. The third kappa shape index (κ3) is 2.21. The fraction of sp³-hybridized carbons (Fsp3) is 0.0667. The molecule has 0 N–H and O–H groups in total. The van der Waals surface area contributed by atoms with Gasteiger partial charge in [-0.2, -0.15) is 0 Å². The Bertz CT molecular complexity index is 706. The van der Waals surface area contributed by atoms with Crippen LogP contribution < -0.4 is 4.74 Å². The first-order chi connectivity index (χ1) is 9.80. The maximum atomic E-state index is 10.5. The zero-order valence-corrected chi connectivity index (χ0v) is 10.4. The molecule has 2 aromatic carbocycles. The van der Waals surface area contributed by atoms with Crippen molar-refractivity contribution in [3.05, 3.63) is 69.7 Å². The Kier molecular flexibility index (Phi) is 3.09. The van der Waals surface area contributed by atoms with Crippen LogP contribution in [0.25, 0.3) is 5.57 Å². The molecule has 0 atom stereocenters. The van der Waals surface area contributed by atoms with Crippen molar-refractivity contribution in [2.45, 2.75) is 6.42 Å². The van der Waals surface area contributed by atoms with Crippen molar-refractivity contribution in [3.8, 4) is 5.75 Å². The first kappa shape index (κ1) is 12.2. The summed E-state index contributed by atoms with van der Waals surface area (Å²) in [5.41, 5.74) is 3.71. The molecule has 0 radical (unpaired) electrons. The van der Waals surface area contributed by atoms with Crippen LogP contribution in [0, 0.1) is 9.81 Å². The molecular weight excluding hydrogens is 256 g/mol. The van der Waals surface area contributed by atoms with Crippen molar-refractivity contribution >= 4 is 16.9 Å². The van der Waals surface area contributed by atoms with Crippen molar-refractivity contribution in [1.29, 1.82) is 0 Å². The van der Waals surface area contributed by atoms with Crippen molar-refractivity contribution in [1.82, 2.24) is 0 Å². The van der Waals surface area contributed by atoms with Crippen LogP contribution in [-0.4, -0.2) is 0 Å². The van der Waals surface area contributed by atoms with E-state index in [0.29, 0.717) is 23.5 Å². The number of rotatable bonds is 3. The summed E-state index contributed by atoms with van der Waals surface area (Å²) in [7, 11) is 0. The number of nitrogens with zero attached hydrogens (tertiary/aromatic N) is 2. The Morgan fingerprint density at radius 3 is 2.30 bits per heavy atom. The van der Waals surface area contributed by atoms with Crippen LogP contribution in [0.5, 0.6) is 5.75 Å². The van der Waals surface area contributed by atoms with E-state index in [9.17, 15) is 9.81 Å². The lowest BCUT2D eigenvalue weighted by atomic mass is 9.97. The minimum atomic E-state index is 0.349. The normalized spacial score (nSPS) is 12.9. The van der Waals surface area contributed by atoms with Crippen LogP contribution in [0.15, 0.2) is 59.1 Å². The molecule has 1 aliphatic rings. The molecule has 0 amide bonds. The highest BCUT2D eigenvalue weighted by atomic mass is 16.5. The number of hydrogen-bond acceptors (Lipinski definition) is 5. The number of allylic oxidation sites excluding steroid dienone is 1. The molecule has 0 bridgehead atoms. The molecule has 5 heteroatoms. The van der Waals surface area contributed by atoms with Crippen LogP contribution in [0.3, 0.4) is 0 Å². The molecule has 1 aliphatic heterocycles. The Hall–Kier alpha value is -2.82. The predicted molar refractivity (Wildman–Crippen MR) is 76.1 cm³/mol. The maximum Gasteiger partial charge on any atom is 0.132 e. The smallest absolute Gasteiger partial charge is 0.132 e. The van der Waals surface area contributed by atoms with Gasteiger partial charge >= 0.3 is 0 Å². The standard InChI is InChI=1S/C15H10N2O3/c18-16-13-4-1-10(2-5-13)12-7-11-3-6-14(17-19)8-15(11)20-9-12/h1-6,8-9H,7H2. The Labute approximate surface area is 114 Å². The van der Waals surface area contributed by atoms with E-state index in [1.54, 1.807) is 30.5 Å². The van der Waals surface area contributed by atoms with Gasteiger partial charge in [-0.15, -0.1) is 9.81 Å². The molecule has 0 unspecified atom stereocenters. The van der Waals surface area contributed by atoms with Crippen LogP contribution in [-0.2, 0) is 6.42 Å². The maximum absolute atomic E-state index is 10.5. The largest absolute Gasteiger partial charge is 0.464 e. The molecule has 0 fully saturated rings. The lowest BCUT2D eigenvalue weighted by Crippen LogP contribution is -2.02. The second-order valence-electron chi connectivity index (χ2n) is 4.46. The first-order valence-electron chi connectivity index (χ1n) is 6.06. The van der Waals surface area contributed by atoms with Gasteiger partial charge in [-0.3, -0.25) is 0 Å². The van der Waals surface area contributed by atoms with Crippen molar-refractivity contribution in [2.75, 3.05) is 0 Å². The van der Waals surface area contributed by atoms with Crippen molar-refractivity contribution in [2.24, 2.45) is 10.4 Å². The molecule has 0 saturated heterocycles. The SMILES string of the molecule is O=Nc1ccc(C2=COc3cc(N=O)ccc3C2)cc1. The summed E-state index contributed by atoms with van der Waals surface area (Å²) in [4.78, 5) is 20.9. The van der Waals surface area contributed by atoms with Crippen molar-refractivity contribution in [3.63, 3.8) is 0 Å². The molecule has 0 aliphatic carbocycles. The topological polar surface area (TPSA) is 68.1 Å². The summed E-state index contributed by atoms with van der Waals surface area (Å²) in [5, 5.41) is 5.76. The fourth-order valence-corrected chi connectivity index (χ4v) is 2.14. The van der Waals surface area contributed by atoms with Crippen LogP contribution in [0.1, 0.15) is 11.1 Å². The third-order valence-electron chi connectivity index (χ3n) is 3.21. The van der Waals surface area contributed by atoms with E-state index < -0.39 is 0 Å². The van der Waals surface area contributed by atoms with E-state index in [0.717, 1.165) is 16.7 Å². The lowest BCUT2D eigenvalue weighted by Gasteiger charge is -2.17. The average Bonchev–Trinajstić information content (AvgIpc) is 2.54. The number of hydrogen-bond donors (Lipinski definition) is 0.